The van der Waals surface area contributed by atoms with Crippen LogP contribution < -0.4 is 10.2 Å². The molecule has 2 heterocycles. The standard InChI is InChI=1S/C13H23N3S2/c1-9(2)14-7-12-8-18-13(15-12)16-5-6-17-11(4)10(16)3/h8-11,14H,5-7H2,1-4H3. The van der Waals surface area contributed by atoms with Crippen molar-refractivity contribution in [1.82, 2.24) is 10.3 Å². The minimum Gasteiger partial charge on any atom is -0.343 e. The number of hydrogen-bond acceptors (Lipinski definition) is 5. The lowest BCUT2D eigenvalue weighted by Crippen LogP contribution is -2.44. The molecule has 1 aliphatic rings. The molecule has 1 N–H and O–H groups in total. The van der Waals surface area contributed by atoms with Crippen LogP contribution in [-0.4, -0.2) is 34.6 Å². The second-order valence-electron chi connectivity index (χ2n) is 5.17. The summed E-state index contributed by atoms with van der Waals surface area (Å²) >= 11 is 3.85. The van der Waals surface area contributed by atoms with Crippen molar-refractivity contribution in [2.24, 2.45) is 0 Å². The molecular weight excluding hydrogens is 262 g/mol. The normalized spacial score (nSPS) is 24.8. The minimum absolute atomic E-state index is 0.514. The molecule has 5 heteroatoms. The fourth-order valence-electron chi connectivity index (χ4n) is 2.02. The van der Waals surface area contributed by atoms with Crippen molar-refractivity contribution in [2.75, 3.05) is 17.2 Å². The van der Waals surface area contributed by atoms with Gasteiger partial charge >= 0.3 is 0 Å². The molecule has 3 nitrogen and oxygen atoms in total. The summed E-state index contributed by atoms with van der Waals surface area (Å²) in [6.45, 7) is 11.0. The van der Waals surface area contributed by atoms with Crippen molar-refractivity contribution in [3.05, 3.63) is 11.1 Å². The summed E-state index contributed by atoms with van der Waals surface area (Å²) in [6.07, 6.45) is 0. The van der Waals surface area contributed by atoms with E-state index in [2.05, 4.69) is 55.1 Å². The van der Waals surface area contributed by atoms with E-state index in [9.17, 15) is 0 Å². The van der Waals surface area contributed by atoms with Gasteiger partial charge < -0.3 is 10.2 Å². The van der Waals surface area contributed by atoms with Crippen molar-refractivity contribution in [3.63, 3.8) is 0 Å². The molecule has 0 aromatic carbocycles. The molecule has 2 atom stereocenters. The zero-order valence-corrected chi connectivity index (χ0v) is 13.3. The number of anilines is 1. The molecule has 0 saturated carbocycles. The van der Waals surface area contributed by atoms with Crippen LogP contribution in [0.4, 0.5) is 5.13 Å². The van der Waals surface area contributed by atoms with Crippen LogP contribution in [-0.2, 0) is 6.54 Å². The van der Waals surface area contributed by atoms with Crippen LogP contribution in [0.1, 0.15) is 33.4 Å². The number of rotatable bonds is 4. The predicted molar refractivity (Wildman–Crippen MR) is 82.8 cm³/mol. The molecule has 1 aliphatic heterocycles. The third kappa shape index (κ3) is 3.39. The lowest BCUT2D eigenvalue weighted by atomic mass is 10.2. The molecule has 2 unspecified atom stereocenters. The zero-order chi connectivity index (χ0) is 13.1. The molecule has 0 radical (unpaired) electrons. The van der Waals surface area contributed by atoms with E-state index >= 15 is 0 Å². The van der Waals surface area contributed by atoms with Gasteiger partial charge in [-0.3, -0.25) is 0 Å². The molecule has 102 valence electrons. The molecule has 1 aromatic heterocycles. The molecule has 0 spiro atoms. The highest BCUT2D eigenvalue weighted by Crippen LogP contribution is 2.30. The number of nitrogens with zero attached hydrogens (tertiary/aromatic N) is 2. The maximum Gasteiger partial charge on any atom is 0.185 e. The summed E-state index contributed by atoms with van der Waals surface area (Å²) in [5, 5.41) is 7.49. The Morgan fingerprint density at radius 1 is 1.50 bits per heavy atom. The number of thioether (sulfide) groups is 1. The summed E-state index contributed by atoms with van der Waals surface area (Å²) in [5.41, 5.74) is 1.17. The van der Waals surface area contributed by atoms with Crippen molar-refractivity contribution in [3.8, 4) is 0 Å². The molecule has 18 heavy (non-hydrogen) atoms. The van der Waals surface area contributed by atoms with E-state index in [0.717, 1.165) is 13.1 Å². The largest absolute Gasteiger partial charge is 0.343 e. The maximum absolute atomic E-state index is 4.76. The van der Waals surface area contributed by atoms with E-state index < -0.39 is 0 Å². The van der Waals surface area contributed by atoms with Gasteiger partial charge in [0.1, 0.15) is 0 Å². The Balaban J connectivity index is 2.00. The summed E-state index contributed by atoms with van der Waals surface area (Å²) < 4.78 is 0. The topological polar surface area (TPSA) is 28.2 Å². The number of thiazole rings is 1. The number of aromatic nitrogens is 1. The van der Waals surface area contributed by atoms with Crippen LogP contribution in [0.15, 0.2) is 5.38 Å². The van der Waals surface area contributed by atoms with E-state index in [1.807, 2.05) is 0 Å². The number of nitrogens with one attached hydrogen (secondary N) is 1. The van der Waals surface area contributed by atoms with Crippen molar-refractivity contribution >= 4 is 28.2 Å². The highest BCUT2D eigenvalue weighted by molar-refractivity contribution is 8.00. The van der Waals surface area contributed by atoms with Gasteiger partial charge in [-0.1, -0.05) is 20.8 Å². The van der Waals surface area contributed by atoms with Crippen LogP contribution in [0.2, 0.25) is 0 Å². The lowest BCUT2D eigenvalue weighted by molar-refractivity contribution is 0.580. The molecule has 1 saturated heterocycles. The van der Waals surface area contributed by atoms with Crippen molar-refractivity contribution in [2.45, 2.75) is 51.6 Å². The zero-order valence-electron chi connectivity index (χ0n) is 11.6. The fraction of sp³-hybridized carbons (Fsp3) is 0.769. The third-order valence-electron chi connectivity index (χ3n) is 3.36. The van der Waals surface area contributed by atoms with Gasteiger partial charge in [0.2, 0.25) is 0 Å². The van der Waals surface area contributed by atoms with Crippen LogP contribution in [0.25, 0.3) is 0 Å². The first kappa shape index (κ1) is 14.2. The van der Waals surface area contributed by atoms with E-state index in [4.69, 9.17) is 4.98 Å². The Morgan fingerprint density at radius 3 is 3.00 bits per heavy atom. The van der Waals surface area contributed by atoms with Crippen LogP contribution in [0.3, 0.4) is 0 Å². The molecule has 1 fully saturated rings. The Kier molecular flexibility index (Phi) is 4.92. The van der Waals surface area contributed by atoms with Gasteiger partial charge in [-0.2, -0.15) is 11.8 Å². The van der Waals surface area contributed by atoms with Gasteiger partial charge in [0.15, 0.2) is 5.13 Å². The molecule has 0 aliphatic carbocycles. The average Bonchev–Trinajstić information content (AvgIpc) is 2.78. The molecule has 2 rings (SSSR count). The Labute approximate surface area is 118 Å². The molecule has 0 amide bonds. The lowest BCUT2D eigenvalue weighted by Gasteiger charge is -2.37. The smallest absolute Gasteiger partial charge is 0.185 e. The van der Waals surface area contributed by atoms with Gasteiger partial charge in [0, 0.05) is 41.6 Å². The quantitative estimate of drug-likeness (QED) is 0.920. The van der Waals surface area contributed by atoms with Gasteiger partial charge in [0.25, 0.3) is 0 Å². The first-order valence-electron chi connectivity index (χ1n) is 6.64. The van der Waals surface area contributed by atoms with Crippen LogP contribution in [0.5, 0.6) is 0 Å². The second-order valence-corrected chi connectivity index (χ2v) is 7.49. The van der Waals surface area contributed by atoms with Crippen LogP contribution in [0, 0.1) is 0 Å². The van der Waals surface area contributed by atoms with Crippen molar-refractivity contribution in [1.29, 1.82) is 0 Å². The Morgan fingerprint density at radius 2 is 2.28 bits per heavy atom. The van der Waals surface area contributed by atoms with Gasteiger partial charge in [-0.15, -0.1) is 11.3 Å². The van der Waals surface area contributed by atoms with Gasteiger partial charge in [-0.25, -0.2) is 4.98 Å². The Hall–Kier alpha value is -0.260. The highest BCUT2D eigenvalue weighted by atomic mass is 32.2. The monoisotopic (exact) mass is 285 g/mol. The van der Waals surface area contributed by atoms with Crippen LogP contribution >= 0.6 is 23.1 Å². The van der Waals surface area contributed by atoms with E-state index in [-0.39, 0.29) is 0 Å². The van der Waals surface area contributed by atoms with E-state index in [1.165, 1.54) is 16.6 Å². The van der Waals surface area contributed by atoms with E-state index in [0.29, 0.717) is 17.3 Å². The van der Waals surface area contributed by atoms with E-state index in [1.54, 1.807) is 11.3 Å². The predicted octanol–water partition coefficient (Wildman–Crippen LogP) is 2.97. The SMILES string of the molecule is CC(C)NCc1csc(N2CCSC(C)C2C)n1. The van der Waals surface area contributed by atoms with Gasteiger partial charge in [0.05, 0.1) is 5.69 Å². The first-order valence-corrected chi connectivity index (χ1v) is 8.57. The maximum atomic E-state index is 4.76. The molecule has 0 bridgehead atoms. The fourth-order valence-corrected chi connectivity index (χ4v) is 4.06. The number of hydrogen-bond donors (Lipinski definition) is 1. The highest BCUT2D eigenvalue weighted by Gasteiger charge is 2.27. The summed E-state index contributed by atoms with van der Waals surface area (Å²) in [5.74, 6) is 1.21. The Bertz CT molecular complexity index is 378. The first-order chi connectivity index (χ1) is 8.58. The summed E-state index contributed by atoms with van der Waals surface area (Å²) in [6, 6.07) is 1.10. The third-order valence-corrected chi connectivity index (χ3v) is 5.63. The second kappa shape index (κ2) is 6.26. The average molecular weight is 285 g/mol. The molecular formula is C13H23N3S2. The molecule has 1 aromatic rings. The van der Waals surface area contributed by atoms with Gasteiger partial charge in [-0.05, 0) is 6.92 Å². The minimum atomic E-state index is 0.514. The summed E-state index contributed by atoms with van der Waals surface area (Å²) in [7, 11) is 0. The van der Waals surface area contributed by atoms with Crippen molar-refractivity contribution < 1.29 is 0 Å². The summed E-state index contributed by atoms with van der Waals surface area (Å²) in [4.78, 5) is 7.23.